The van der Waals surface area contributed by atoms with Gasteiger partial charge in [-0.25, -0.2) is 4.79 Å². The van der Waals surface area contributed by atoms with Gasteiger partial charge in [-0.2, -0.15) is 10.1 Å². The van der Waals surface area contributed by atoms with Crippen molar-refractivity contribution in [1.82, 2.24) is 28.9 Å². The summed E-state index contributed by atoms with van der Waals surface area (Å²) in [6, 6.07) is 10.3. The third-order valence-corrected chi connectivity index (χ3v) is 6.00. The zero-order valence-electron chi connectivity index (χ0n) is 18.8. The van der Waals surface area contributed by atoms with Crippen LogP contribution in [0.2, 0.25) is 5.28 Å². The summed E-state index contributed by atoms with van der Waals surface area (Å²) in [5.74, 6) is 0. The Bertz CT molecular complexity index is 1320. The van der Waals surface area contributed by atoms with Crippen molar-refractivity contribution in [1.29, 1.82) is 0 Å². The normalized spacial score (nSPS) is 11.5. The molecule has 0 radical (unpaired) electrons. The summed E-state index contributed by atoms with van der Waals surface area (Å²) >= 11 is 6.01. The predicted octanol–water partition coefficient (Wildman–Crippen LogP) is 3.80. The van der Waals surface area contributed by atoms with Crippen LogP contribution in [0.5, 0.6) is 0 Å². The lowest BCUT2D eigenvalue weighted by molar-refractivity contribution is 0.526. The lowest BCUT2D eigenvalue weighted by Crippen LogP contribution is -2.40. The van der Waals surface area contributed by atoms with Gasteiger partial charge in [-0.05, 0) is 48.4 Å². The highest BCUT2D eigenvalue weighted by molar-refractivity contribution is 6.28. The Kier molecular flexibility index (Phi) is 7.44. The molecule has 0 unspecified atom stereocenters. The average molecular weight is 469 g/mol. The predicted molar refractivity (Wildman–Crippen MR) is 130 cm³/mol. The van der Waals surface area contributed by atoms with Crippen LogP contribution in [0.1, 0.15) is 43.7 Å². The number of H-pyrrole nitrogens is 1. The Hall–Kier alpha value is -3.13. The summed E-state index contributed by atoms with van der Waals surface area (Å²) in [4.78, 5) is 33.0. The van der Waals surface area contributed by atoms with Gasteiger partial charge in [0.05, 0.1) is 6.20 Å². The average Bonchev–Trinajstić information content (AvgIpc) is 3.44. The van der Waals surface area contributed by atoms with Gasteiger partial charge in [-0.1, -0.05) is 50.1 Å². The first kappa shape index (κ1) is 23.0. The SMILES string of the molecule is CCCCCn1c(=O)n(CCCc2cnn(CCc3ccccc3)c2)c(=O)c2[nH]c(Cl)nc21. The van der Waals surface area contributed by atoms with Crippen molar-refractivity contribution in [3.8, 4) is 0 Å². The minimum absolute atomic E-state index is 0.117. The Labute approximate surface area is 196 Å². The summed E-state index contributed by atoms with van der Waals surface area (Å²) in [5, 5.41) is 4.56. The smallest absolute Gasteiger partial charge is 0.323 e. The Morgan fingerprint density at radius 2 is 1.73 bits per heavy atom. The van der Waals surface area contributed by atoms with Crippen LogP contribution < -0.4 is 11.2 Å². The number of unbranched alkanes of at least 4 members (excludes halogenated alkanes) is 2. The largest absolute Gasteiger partial charge is 0.332 e. The molecule has 33 heavy (non-hydrogen) atoms. The van der Waals surface area contributed by atoms with Crippen LogP contribution in [0.25, 0.3) is 11.2 Å². The van der Waals surface area contributed by atoms with Crippen molar-refractivity contribution in [2.24, 2.45) is 0 Å². The molecule has 0 aliphatic rings. The van der Waals surface area contributed by atoms with Gasteiger partial charge in [0.1, 0.15) is 0 Å². The molecule has 4 rings (SSSR count). The van der Waals surface area contributed by atoms with E-state index < -0.39 is 0 Å². The third kappa shape index (κ3) is 5.45. The van der Waals surface area contributed by atoms with Crippen molar-refractivity contribution in [3.63, 3.8) is 0 Å². The molecule has 0 saturated carbocycles. The molecule has 8 nitrogen and oxygen atoms in total. The van der Waals surface area contributed by atoms with Gasteiger partial charge >= 0.3 is 5.69 Å². The summed E-state index contributed by atoms with van der Waals surface area (Å²) in [7, 11) is 0. The number of aryl methyl sites for hydroxylation is 4. The molecule has 174 valence electrons. The van der Waals surface area contributed by atoms with Crippen molar-refractivity contribution < 1.29 is 0 Å². The molecule has 0 bridgehead atoms. The molecule has 0 aliphatic heterocycles. The minimum atomic E-state index is -0.375. The number of halogens is 1. The molecular formula is C24H29ClN6O2. The van der Waals surface area contributed by atoms with Gasteiger partial charge in [0.15, 0.2) is 11.2 Å². The second-order valence-electron chi connectivity index (χ2n) is 8.28. The van der Waals surface area contributed by atoms with Crippen molar-refractivity contribution in [2.45, 2.75) is 65.1 Å². The van der Waals surface area contributed by atoms with Crippen LogP contribution in [0, 0.1) is 0 Å². The molecule has 3 aromatic heterocycles. The summed E-state index contributed by atoms with van der Waals surface area (Å²) < 4.78 is 4.80. The number of nitrogens with one attached hydrogen (secondary N) is 1. The number of hydrogen-bond donors (Lipinski definition) is 1. The molecule has 0 aliphatic carbocycles. The molecule has 4 aromatic rings. The van der Waals surface area contributed by atoms with Crippen LogP contribution in [0.3, 0.4) is 0 Å². The Balaban J connectivity index is 1.43. The fourth-order valence-corrected chi connectivity index (χ4v) is 4.22. The van der Waals surface area contributed by atoms with Crippen LogP contribution in [0.15, 0.2) is 52.3 Å². The van der Waals surface area contributed by atoms with E-state index >= 15 is 0 Å². The van der Waals surface area contributed by atoms with E-state index in [0.29, 0.717) is 25.2 Å². The number of benzene rings is 1. The first-order valence-electron chi connectivity index (χ1n) is 11.5. The fourth-order valence-electron chi connectivity index (χ4n) is 4.04. The molecule has 3 heterocycles. The fraction of sp³-hybridized carbons (Fsp3) is 0.417. The second kappa shape index (κ2) is 10.7. The zero-order chi connectivity index (χ0) is 23.2. The van der Waals surface area contributed by atoms with Gasteiger partial charge in [-0.3, -0.25) is 18.6 Å². The lowest BCUT2D eigenvalue weighted by atomic mass is 10.1. The van der Waals surface area contributed by atoms with Gasteiger partial charge in [0.2, 0.25) is 5.28 Å². The molecule has 0 atom stereocenters. The van der Waals surface area contributed by atoms with Crippen molar-refractivity contribution in [2.75, 3.05) is 0 Å². The van der Waals surface area contributed by atoms with E-state index in [4.69, 9.17) is 11.6 Å². The number of hydrogen-bond acceptors (Lipinski definition) is 4. The maximum atomic E-state index is 13.1. The number of aromatic amines is 1. The first-order chi connectivity index (χ1) is 16.1. The van der Waals surface area contributed by atoms with Gasteiger partial charge in [0, 0.05) is 25.8 Å². The van der Waals surface area contributed by atoms with E-state index in [1.807, 2.05) is 35.3 Å². The summed E-state index contributed by atoms with van der Waals surface area (Å²) in [6.45, 7) is 3.75. The quantitative estimate of drug-likeness (QED) is 0.268. The summed E-state index contributed by atoms with van der Waals surface area (Å²) in [5.41, 5.74) is 2.28. The zero-order valence-corrected chi connectivity index (χ0v) is 19.6. The molecule has 9 heteroatoms. The third-order valence-electron chi connectivity index (χ3n) is 5.82. The van der Waals surface area contributed by atoms with E-state index in [9.17, 15) is 9.59 Å². The first-order valence-corrected chi connectivity index (χ1v) is 11.9. The van der Waals surface area contributed by atoms with Gasteiger partial charge in [-0.15, -0.1) is 0 Å². The molecule has 0 spiro atoms. The van der Waals surface area contributed by atoms with Crippen LogP contribution in [-0.2, 0) is 32.5 Å². The Morgan fingerprint density at radius 1 is 0.939 bits per heavy atom. The lowest BCUT2D eigenvalue weighted by Gasteiger charge is -2.11. The minimum Gasteiger partial charge on any atom is -0.323 e. The van der Waals surface area contributed by atoms with Crippen LogP contribution in [0.4, 0.5) is 0 Å². The monoisotopic (exact) mass is 468 g/mol. The van der Waals surface area contributed by atoms with E-state index in [1.165, 1.54) is 10.1 Å². The maximum absolute atomic E-state index is 13.1. The number of aromatic nitrogens is 6. The number of fused-ring (bicyclic) bond motifs is 1. The molecule has 1 N–H and O–H groups in total. The van der Waals surface area contributed by atoms with Gasteiger partial charge in [0.25, 0.3) is 5.56 Å². The molecule has 0 amide bonds. The van der Waals surface area contributed by atoms with E-state index in [2.05, 4.69) is 34.1 Å². The standard InChI is InChI=1S/C24H29ClN6O2/c1-2-3-7-13-30-21-20(27-23(25)28-21)22(32)31(24(30)33)14-8-11-19-16-26-29(17-19)15-12-18-9-5-4-6-10-18/h4-6,9-10,16-17H,2-3,7-8,11-15H2,1H3,(H,27,28). The molecule has 0 saturated heterocycles. The van der Waals surface area contributed by atoms with E-state index in [-0.39, 0.29) is 22.0 Å². The topological polar surface area (TPSA) is 90.5 Å². The van der Waals surface area contributed by atoms with Crippen LogP contribution >= 0.6 is 11.6 Å². The van der Waals surface area contributed by atoms with Gasteiger partial charge < -0.3 is 4.98 Å². The summed E-state index contributed by atoms with van der Waals surface area (Å²) in [6.07, 6.45) is 9.08. The highest BCUT2D eigenvalue weighted by Crippen LogP contribution is 2.11. The maximum Gasteiger partial charge on any atom is 0.332 e. The van der Waals surface area contributed by atoms with Crippen molar-refractivity contribution in [3.05, 3.63) is 80.0 Å². The highest BCUT2D eigenvalue weighted by atomic mass is 35.5. The molecule has 1 aromatic carbocycles. The molecule has 0 fully saturated rings. The number of imidazole rings is 1. The van der Waals surface area contributed by atoms with Crippen molar-refractivity contribution >= 4 is 22.8 Å². The number of rotatable bonds is 11. The highest BCUT2D eigenvalue weighted by Gasteiger charge is 2.16. The van der Waals surface area contributed by atoms with E-state index in [1.54, 1.807) is 4.57 Å². The van der Waals surface area contributed by atoms with Crippen LogP contribution in [-0.4, -0.2) is 28.9 Å². The van der Waals surface area contributed by atoms with E-state index in [0.717, 1.165) is 44.2 Å². The second-order valence-corrected chi connectivity index (χ2v) is 8.63. The number of nitrogens with zero attached hydrogens (tertiary/aromatic N) is 5. The Morgan fingerprint density at radius 3 is 2.52 bits per heavy atom. The molecular weight excluding hydrogens is 440 g/mol.